The van der Waals surface area contributed by atoms with E-state index >= 15 is 8.78 Å². The minimum absolute atomic E-state index is 0.333. The van der Waals surface area contributed by atoms with E-state index in [2.05, 4.69) is 17.2 Å². The van der Waals surface area contributed by atoms with Gasteiger partial charge in [0.1, 0.15) is 35.9 Å². The van der Waals surface area contributed by atoms with Gasteiger partial charge in [-0.05, 0) is 58.4 Å². The quantitative estimate of drug-likeness (QED) is 0.0398. The number of esters is 2. The van der Waals surface area contributed by atoms with Gasteiger partial charge in [-0.25, -0.2) is 40.3 Å². The zero-order valence-corrected chi connectivity index (χ0v) is 27.7. The van der Waals surface area contributed by atoms with Gasteiger partial charge in [0.25, 0.3) is 0 Å². The van der Waals surface area contributed by atoms with Crippen LogP contribution in [0.15, 0.2) is 61.2 Å². The van der Waals surface area contributed by atoms with Crippen molar-refractivity contribution in [3.8, 4) is 0 Å². The van der Waals surface area contributed by atoms with Crippen molar-refractivity contribution in [2.75, 3.05) is 6.61 Å². The number of carbonyl (C=O) groups excluding carboxylic acids is 4. The second-order valence-electron chi connectivity index (χ2n) is 12.0. The van der Waals surface area contributed by atoms with Crippen molar-refractivity contribution in [2.45, 2.75) is 63.8 Å². The molecule has 3 aromatic carbocycles. The molecule has 3 aromatic rings. The van der Waals surface area contributed by atoms with Crippen LogP contribution in [0.25, 0.3) is 0 Å². The Kier molecular flexibility index (Phi) is 13.0. The Hall–Kier alpha value is -5.41. The van der Waals surface area contributed by atoms with Crippen LogP contribution in [-0.2, 0) is 34.2 Å². The molecule has 51 heavy (non-hydrogen) atoms. The fraction of sp³-hybridized carbons (Fsp3) is 0.314. The van der Waals surface area contributed by atoms with Crippen LogP contribution in [0.1, 0.15) is 57.2 Å². The molecule has 0 heterocycles. The third kappa shape index (κ3) is 9.64. The molecule has 3 rings (SSSR count). The average Bonchev–Trinajstić information content (AvgIpc) is 3.06. The molecule has 2 atom stereocenters. The maximum Gasteiger partial charge on any atom is 0.408 e. The van der Waals surface area contributed by atoms with E-state index in [0.717, 1.165) is 48.5 Å². The number of hydrogen-bond donors (Lipinski definition) is 2. The molecular weight excluding hydrogens is 693 g/mol. The van der Waals surface area contributed by atoms with E-state index < -0.39 is 117 Å². The van der Waals surface area contributed by atoms with Crippen LogP contribution in [0, 0.1) is 40.7 Å². The van der Waals surface area contributed by atoms with Crippen molar-refractivity contribution in [3.63, 3.8) is 0 Å². The lowest BCUT2D eigenvalue weighted by Gasteiger charge is -2.36. The minimum atomic E-state index is -3.07. The predicted molar refractivity (Wildman–Crippen MR) is 166 cm³/mol. The number of carbonyl (C=O) groups is 4. The molecule has 274 valence electrons. The molecule has 2 amide bonds. The van der Waals surface area contributed by atoms with E-state index in [1.807, 2.05) is 0 Å². The maximum absolute atomic E-state index is 15.6. The lowest BCUT2D eigenvalue weighted by molar-refractivity contribution is -0.155. The monoisotopic (exact) mass is 726 g/mol. The predicted octanol–water partition coefficient (Wildman–Crippen LogP) is 6.40. The average molecular weight is 727 g/mol. The molecule has 0 bridgehead atoms. The molecular formula is C35H33F7N2O7. The lowest BCUT2D eigenvalue weighted by atomic mass is 9.79. The van der Waals surface area contributed by atoms with E-state index in [9.17, 15) is 41.1 Å². The summed E-state index contributed by atoms with van der Waals surface area (Å²) in [5.74, 6) is -17.5. The van der Waals surface area contributed by atoms with E-state index in [1.165, 1.54) is 13.0 Å². The number of ether oxygens (including phenoxy) is 3. The molecule has 0 radical (unpaired) electrons. The van der Waals surface area contributed by atoms with Crippen molar-refractivity contribution >= 4 is 23.9 Å². The summed E-state index contributed by atoms with van der Waals surface area (Å²) in [6.45, 7) is 9.06. The van der Waals surface area contributed by atoms with Crippen molar-refractivity contribution < 1.29 is 64.1 Å². The summed E-state index contributed by atoms with van der Waals surface area (Å²) in [4.78, 5) is 51.5. The highest BCUT2D eigenvalue weighted by Crippen LogP contribution is 2.45. The van der Waals surface area contributed by atoms with Crippen LogP contribution >= 0.6 is 0 Å². The molecule has 0 aliphatic rings. The van der Waals surface area contributed by atoms with Crippen LogP contribution in [0.2, 0.25) is 0 Å². The molecule has 0 saturated heterocycles. The molecule has 0 aliphatic heterocycles. The Morgan fingerprint density at radius 3 is 1.67 bits per heavy atom. The van der Waals surface area contributed by atoms with Gasteiger partial charge in [0.2, 0.25) is 11.7 Å². The first kappa shape index (κ1) is 40.0. The maximum atomic E-state index is 15.6. The number of benzene rings is 3. The Balaban J connectivity index is 2.07. The van der Waals surface area contributed by atoms with Crippen LogP contribution in [0.3, 0.4) is 0 Å². The van der Waals surface area contributed by atoms with Gasteiger partial charge in [-0.3, -0.25) is 9.59 Å². The van der Waals surface area contributed by atoms with Gasteiger partial charge in [0, 0.05) is 17.5 Å². The number of hydrogen-bond acceptors (Lipinski definition) is 7. The Morgan fingerprint density at radius 2 is 1.22 bits per heavy atom. The van der Waals surface area contributed by atoms with Gasteiger partial charge >= 0.3 is 18.0 Å². The molecule has 0 aromatic heterocycles. The molecule has 0 aliphatic carbocycles. The summed E-state index contributed by atoms with van der Waals surface area (Å²) < 4.78 is 118. The normalized spacial score (nSPS) is 12.7. The first-order valence-corrected chi connectivity index (χ1v) is 15.2. The van der Waals surface area contributed by atoms with Crippen LogP contribution < -0.4 is 10.6 Å². The van der Waals surface area contributed by atoms with Crippen molar-refractivity contribution in [2.24, 2.45) is 0 Å². The van der Waals surface area contributed by atoms with E-state index in [0.29, 0.717) is 0 Å². The van der Waals surface area contributed by atoms with Gasteiger partial charge < -0.3 is 24.8 Å². The molecule has 2 N–H and O–H groups in total. The van der Waals surface area contributed by atoms with Crippen molar-refractivity contribution in [1.82, 2.24) is 10.6 Å². The first-order chi connectivity index (χ1) is 23.8. The highest BCUT2D eigenvalue weighted by Gasteiger charge is 2.48. The van der Waals surface area contributed by atoms with Crippen molar-refractivity contribution in [1.29, 1.82) is 0 Å². The topological polar surface area (TPSA) is 120 Å². The smallest absolute Gasteiger partial charge is 0.408 e. The first-order valence-electron chi connectivity index (χ1n) is 15.2. The Morgan fingerprint density at radius 1 is 0.745 bits per heavy atom. The molecule has 9 nitrogen and oxygen atoms in total. The Labute approximate surface area is 287 Å². The van der Waals surface area contributed by atoms with Crippen molar-refractivity contribution in [3.05, 3.63) is 119 Å². The number of rotatable bonds is 13. The van der Waals surface area contributed by atoms with Gasteiger partial charge in [0.15, 0.2) is 28.9 Å². The highest BCUT2D eigenvalue weighted by atomic mass is 19.2. The second kappa shape index (κ2) is 16.5. The summed E-state index contributed by atoms with van der Waals surface area (Å²) in [6.07, 6.45) is -1.30. The Bertz CT molecular complexity index is 1700. The summed E-state index contributed by atoms with van der Waals surface area (Å²) in [7, 11) is 0. The van der Waals surface area contributed by atoms with Crippen LogP contribution in [-0.4, -0.2) is 48.2 Å². The number of nitrogens with one attached hydrogen (secondary N) is 2. The number of alkyl carbamates (subject to hydrolysis) is 1. The molecule has 16 heteroatoms. The molecule has 0 saturated carbocycles. The third-order valence-corrected chi connectivity index (χ3v) is 7.04. The van der Waals surface area contributed by atoms with Gasteiger partial charge in [-0.2, -0.15) is 0 Å². The van der Waals surface area contributed by atoms with Crippen LogP contribution in [0.4, 0.5) is 35.5 Å². The zero-order valence-electron chi connectivity index (χ0n) is 27.7. The number of halogens is 7. The SMILES string of the molecule is C=CCOC(=O)[C@H](CCC(=O)OC(c1ccc(F)cc1)(c1ccc(F)cc1)c1c(F)c(F)c(F)c(F)c1F)NC(=O)[C@H](C)NC(=O)OC(C)(C)C. The standard InChI is InChI=1S/C35H33F7N2O7/c1-6-17-49-32(47)23(44-31(46)18(2)43-33(48)51-34(3,4)5)15-16-24(45)50-35(19-7-11-21(36)12-8-19,20-9-13-22(37)14-10-20)25-26(38)28(40)30(42)29(41)27(25)39/h6-14,18,23H,1,15-17H2,2-5H3,(H,43,48)(H,44,46)/t18-,23-/m0/s1. The summed E-state index contributed by atoms with van der Waals surface area (Å²) >= 11 is 0. The van der Waals surface area contributed by atoms with E-state index in [-0.39, 0.29) is 6.61 Å². The highest BCUT2D eigenvalue weighted by molar-refractivity contribution is 5.89. The fourth-order valence-electron chi connectivity index (χ4n) is 4.73. The minimum Gasteiger partial charge on any atom is -0.460 e. The summed E-state index contributed by atoms with van der Waals surface area (Å²) in [6, 6.07) is 3.47. The van der Waals surface area contributed by atoms with Gasteiger partial charge in [0.05, 0.1) is 5.56 Å². The third-order valence-electron chi connectivity index (χ3n) is 7.04. The fourth-order valence-corrected chi connectivity index (χ4v) is 4.73. The van der Waals surface area contributed by atoms with E-state index in [1.54, 1.807) is 20.8 Å². The lowest BCUT2D eigenvalue weighted by Crippen LogP contribution is -2.51. The summed E-state index contributed by atoms with van der Waals surface area (Å²) in [5.41, 5.74) is -6.72. The largest absolute Gasteiger partial charge is 0.460 e. The summed E-state index contributed by atoms with van der Waals surface area (Å²) in [5, 5.41) is 4.55. The van der Waals surface area contributed by atoms with Crippen LogP contribution in [0.5, 0.6) is 0 Å². The molecule has 0 unspecified atom stereocenters. The molecule has 0 spiro atoms. The van der Waals surface area contributed by atoms with Gasteiger partial charge in [-0.1, -0.05) is 36.9 Å². The van der Waals surface area contributed by atoms with Gasteiger partial charge in [-0.15, -0.1) is 0 Å². The number of amides is 2. The second-order valence-corrected chi connectivity index (χ2v) is 12.0. The molecule has 0 fully saturated rings. The zero-order chi connectivity index (χ0) is 38.3. The van der Waals surface area contributed by atoms with E-state index in [4.69, 9.17) is 14.2 Å².